The number of halogens is 3. The summed E-state index contributed by atoms with van der Waals surface area (Å²) < 4.78 is 39.0. The van der Waals surface area contributed by atoms with Gasteiger partial charge < -0.3 is 10.0 Å². The zero-order valence-corrected chi connectivity index (χ0v) is 16.3. The number of piperidine rings is 1. The number of phenols is 1. The molecule has 1 unspecified atom stereocenters. The Labute approximate surface area is 167 Å². The molecule has 2 aromatic heterocycles. The van der Waals surface area contributed by atoms with Crippen LogP contribution in [0.1, 0.15) is 35.6 Å². The smallest absolute Gasteiger partial charge is 0.416 e. The van der Waals surface area contributed by atoms with E-state index in [9.17, 15) is 18.3 Å². The molecule has 1 atom stereocenters. The molecular weight excluding hydrogens is 379 g/mol. The monoisotopic (exact) mass is 401 g/mol. The number of hydrogen-bond acceptors (Lipinski definition) is 4. The lowest BCUT2D eigenvalue weighted by Gasteiger charge is -2.29. The highest BCUT2D eigenvalue weighted by Crippen LogP contribution is 2.39. The number of pyridine rings is 2. The predicted molar refractivity (Wildman–Crippen MR) is 106 cm³/mol. The van der Waals surface area contributed by atoms with Gasteiger partial charge in [-0.3, -0.25) is 0 Å². The third-order valence-corrected chi connectivity index (χ3v) is 5.51. The number of aromatic nitrogens is 2. The fraction of sp³-hybridized carbons (Fsp3) is 0.364. The molecule has 1 aromatic carbocycles. The van der Waals surface area contributed by atoms with E-state index < -0.39 is 17.5 Å². The van der Waals surface area contributed by atoms with Crippen molar-refractivity contribution in [2.45, 2.75) is 31.9 Å². The number of aromatic hydroxyl groups is 1. The van der Waals surface area contributed by atoms with Crippen molar-refractivity contribution in [3.63, 3.8) is 0 Å². The Morgan fingerprint density at radius 1 is 1.10 bits per heavy atom. The number of likely N-dealkylation sites (N-methyl/N-ethyl adjacent to an activating group) is 1. The number of nitrogens with zero attached hydrogens (tertiary/aromatic N) is 3. The van der Waals surface area contributed by atoms with Crippen LogP contribution in [0.25, 0.3) is 22.3 Å². The molecule has 0 aliphatic carbocycles. The molecule has 4 nitrogen and oxygen atoms in total. The van der Waals surface area contributed by atoms with E-state index in [0.717, 1.165) is 49.1 Å². The largest absolute Gasteiger partial charge is 0.507 e. The second-order valence-electron chi connectivity index (χ2n) is 7.77. The van der Waals surface area contributed by atoms with E-state index in [-0.39, 0.29) is 0 Å². The van der Waals surface area contributed by atoms with Gasteiger partial charge in [-0.25, -0.2) is 9.97 Å². The average molecular weight is 401 g/mol. The van der Waals surface area contributed by atoms with Gasteiger partial charge in [0, 0.05) is 29.1 Å². The number of aryl methyl sites for hydroxylation is 1. The summed E-state index contributed by atoms with van der Waals surface area (Å²) >= 11 is 0. The van der Waals surface area contributed by atoms with Gasteiger partial charge in [0.25, 0.3) is 0 Å². The lowest BCUT2D eigenvalue weighted by molar-refractivity contribution is -0.137. The van der Waals surface area contributed by atoms with E-state index in [1.54, 1.807) is 6.07 Å². The highest BCUT2D eigenvalue weighted by atomic mass is 19.4. The minimum absolute atomic E-state index is 0.296. The molecule has 0 radical (unpaired) electrons. The molecule has 29 heavy (non-hydrogen) atoms. The fourth-order valence-corrected chi connectivity index (χ4v) is 4.05. The van der Waals surface area contributed by atoms with Gasteiger partial charge in [0.1, 0.15) is 5.75 Å². The summed E-state index contributed by atoms with van der Waals surface area (Å²) in [4.78, 5) is 11.6. The maximum Gasteiger partial charge on any atom is 0.416 e. The molecule has 1 aliphatic rings. The molecule has 1 saturated heterocycles. The van der Waals surface area contributed by atoms with Crippen molar-refractivity contribution < 1.29 is 18.3 Å². The van der Waals surface area contributed by atoms with Crippen LogP contribution in [0.5, 0.6) is 5.75 Å². The minimum Gasteiger partial charge on any atom is -0.507 e. The van der Waals surface area contributed by atoms with Gasteiger partial charge in [-0.15, -0.1) is 0 Å². The molecule has 3 heterocycles. The van der Waals surface area contributed by atoms with E-state index >= 15 is 0 Å². The van der Waals surface area contributed by atoms with Gasteiger partial charge in [-0.05, 0) is 75.3 Å². The third-order valence-electron chi connectivity index (χ3n) is 5.51. The van der Waals surface area contributed by atoms with Crippen molar-refractivity contribution in [2.75, 3.05) is 20.1 Å². The van der Waals surface area contributed by atoms with Crippen LogP contribution < -0.4 is 0 Å². The molecule has 7 heteroatoms. The van der Waals surface area contributed by atoms with Gasteiger partial charge in [-0.1, -0.05) is 0 Å². The van der Waals surface area contributed by atoms with Gasteiger partial charge in [0.15, 0.2) is 5.65 Å². The van der Waals surface area contributed by atoms with Crippen LogP contribution in [-0.4, -0.2) is 40.1 Å². The normalized spacial score (nSPS) is 18.3. The van der Waals surface area contributed by atoms with E-state index in [1.807, 2.05) is 18.2 Å². The molecule has 0 saturated carbocycles. The third kappa shape index (κ3) is 3.92. The molecule has 1 aliphatic heterocycles. The number of phenolic OH excluding ortho intramolecular Hbond substituents is 1. The first kappa shape index (κ1) is 19.6. The summed E-state index contributed by atoms with van der Waals surface area (Å²) in [6.45, 7) is 3.56. The van der Waals surface area contributed by atoms with E-state index in [0.29, 0.717) is 28.4 Å². The van der Waals surface area contributed by atoms with Gasteiger partial charge >= 0.3 is 6.18 Å². The number of likely N-dealkylation sites (tertiary alicyclic amines) is 1. The van der Waals surface area contributed by atoms with Gasteiger partial charge in [-0.2, -0.15) is 13.2 Å². The average Bonchev–Trinajstić information content (AvgIpc) is 2.66. The van der Waals surface area contributed by atoms with E-state index in [2.05, 4.69) is 16.9 Å². The first-order valence-corrected chi connectivity index (χ1v) is 9.60. The Hall–Kier alpha value is -2.67. The Balaban J connectivity index is 1.75. The second kappa shape index (κ2) is 7.30. The zero-order valence-electron chi connectivity index (χ0n) is 16.3. The molecule has 152 valence electrons. The standard InChI is InChI=1S/C22H22F3N3O/c1-13-10-16(22(23,24)25)11-19(29)20(13)18-8-6-14-5-7-17(26-21(14)27-18)15-4-3-9-28(2)12-15/h5-8,10-11,15,29H,3-4,9,12H2,1-2H3. The Kier molecular flexibility index (Phi) is 4.94. The number of fused-ring (bicyclic) bond motifs is 1. The molecule has 1 N–H and O–H groups in total. The number of benzene rings is 1. The van der Waals surface area contributed by atoms with Crippen LogP contribution in [0.3, 0.4) is 0 Å². The summed E-state index contributed by atoms with van der Waals surface area (Å²) in [5.74, 6) is -0.0981. The number of alkyl halides is 3. The fourth-order valence-electron chi connectivity index (χ4n) is 4.05. The lowest BCUT2D eigenvalue weighted by atomic mass is 9.94. The first-order valence-electron chi connectivity index (χ1n) is 9.60. The minimum atomic E-state index is -4.51. The summed E-state index contributed by atoms with van der Waals surface area (Å²) in [7, 11) is 2.10. The van der Waals surface area contributed by atoms with E-state index in [4.69, 9.17) is 4.98 Å². The van der Waals surface area contributed by atoms with Gasteiger partial charge in [0.05, 0.1) is 11.3 Å². The summed E-state index contributed by atoms with van der Waals surface area (Å²) in [5, 5.41) is 11.1. The molecule has 1 fully saturated rings. The Morgan fingerprint density at radius 3 is 2.55 bits per heavy atom. The number of rotatable bonds is 2. The molecule has 3 aromatic rings. The Bertz CT molecular complexity index is 1040. The van der Waals surface area contributed by atoms with Crippen molar-refractivity contribution in [3.8, 4) is 17.0 Å². The first-order chi connectivity index (χ1) is 13.7. The summed E-state index contributed by atoms with van der Waals surface area (Å²) in [6, 6.07) is 9.31. The highest BCUT2D eigenvalue weighted by molar-refractivity contribution is 5.81. The van der Waals surface area contributed by atoms with Crippen molar-refractivity contribution in [1.29, 1.82) is 0 Å². The molecule has 0 bridgehead atoms. The SMILES string of the molecule is Cc1cc(C(F)(F)F)cc(O)c1-c1ccc2ccc(C3CCCN(C)C3)nc2n1. The van der Waals surface area contributed by atoms with Crippen molar-refractivity contribution in [3.05, 3.63) is 53.2 Å². The predicted octanol–water partition coefficient (Wildman–Crippen LogP) is 5.14. The zero-order chi connectivity index (χ0) is 20.8. The van der Waals surface area contributed by atoms with Crippen LogP contribution in [0, 0.1) is 6.92 Å². The van der Waals surface area contributed by atoms with Crippen molar-refractivity contribution >= 4 is 11.0 Å². The second-order valence-corrected chi connectivity index (χ2v) is 7.77. The highest BCUT2D eigenvalue weighted by Gasteiger charge is 2.32. The lowest BCUT2D eigenvalue weighted by Crippen LogP contribution is -2.31. The van der Waals surface area contributed by atoms with Crippen LogP contribution >= 0.6 is 0 Å². The van der Waals surface area contributed by atoms with Crippen LogP contribution in [0.2, 0.25) is 0 Å². The molecule has 0 amide bonds. The maximum atomic E-state index is 13.0. The maximum absolute atomic E-state index is 13.0. The topological polar surface area (TPSA) is 49.2 Å². The van der Waals surface area contributed by atoms with Crippen LogP contribution in [-0.2, 0) is 6.18 Å². The Morgan fingerprint density at radius 2 is 1.86 bits per heavy atom. The summed E-state index contributed by atoms with van der Waals surface area (Å²) in [5.41, 5.74) is 1.65. The van der Waals surface area contributed by atoms with Gasteiger partial charge in [0.2, 0.25) is 0 Å². The van der Waals surface area contributed by atoms with Crippen molar-refractivity contribution in [2.24, 2.45) is 0 Å². The quantitative estimate of drug-likeness (QED) is 0.646. The number of hydrogen-bond donors (Lipinski definition) is 1. The molecule has 0 spiro atoms. The van der Waals surface area contributed by atoms with Crippen LogP contribution in [0.4, 0.5) is 13.2 Å². The van der Waals surface area contributed by atoms with Crippen molar-refractivity contribution in [1.82, 2.24) is 14.9 Å². The molecule has 4 rings (SSSR count). The molecular formula is C22H22F3N3O. The van der Waals surface area contributed by atoms with E-state index in [1.165, 1.54) is 6.92 Å². The van der Waals surface area contributed by atoms with Crippen LogP contribution in [0.15, 0.2) is 36.4 Å². The summed E-state index contributed by atoms with van der Waals surface area (Å²) in [6.07, 6.45) is -2.32.